The van der Waals surface area contributed by atoms with Gasteiger partial charge in [0.05, 0.1) is 16.6 Å². The largest absolute Gasteiger partial charge is 0.477 e. The Balaban J connectivity index is 1.95. The van der Waals surface area contributed by atoms with Gasteiger partial charge in [0.25, 0.3) is 0 Å². The first kappa shape index (κ1) is 18.2. The van der Waals surface area contributed by atoms with Crippen molar-refractivity contribution in [1.82, 2.24) is 4.57 Å². The van der Waals surface area contributed by atoms with Crippen LogP contribution in [-0.2, 0) is 0 Å². The molecule has 3 heterocycles. The van der Waals surface area contributed by atoms with Crippen molar-refractivity contribution in [3.8, 4) is 0 Å². The number of carboxylic acids is 1. The summed E-state index contributed by atoms with van der Waals surface area (Å²) >= 11 is 0. The van der Waals surface area contributed by atoms with Gasteiger partial charge in [0.1, 0.15) is 16.9 Å². The van der Waals surface area contributed by atoms with Crippen LogP contribution < -0.4 is 32.2 Å². The van der Waals surface area contributed by atoms with E-state index in [2.05, 4.69) is 5.43 Å². The third-order valence-corrected chi connectivity index (χ3v) is 6.28. The number of aromatic carboxylic acids is 1. The quantitative estimate of drug-likeness (QED) is 0.439. The second-order valence-electron chi connectivity index (χ2n) is 8.25. The highest BCUT2D eigenvalue weighted by atomic mass is 19.1. The number of nitrogen functional groups attached to an aromatic ring is 1. The molecule has 2 atom stereocenters. The van der Waals surface area contributed by atoms with Crippen LogP contribution in [0.4, 0.5) is 21.5 Å². The smallest absolute Gasteiger partial charge is 0.341 e. The summed E-state index contributed by atoms with van der Waals surface area (Å²) in [5.41, 5.74) is 8.66. The molecule has 29 heavy (non-hydrogen) atoms. The van der Waals surface area contributed by atoms with Crippen LogP contribution in [0.25, 0.3) is 10.9 Å². The summed E-state index contributed by atoms with van der Waals surface area (Å²) in [6.45, 7) is 1.16. The monoisotopic (exact) mass is 402 g/mol. The number of nitrogens with one attached hydrogen (secondary N) is 1. The molecule has 0 spiro atoms. The molecule has 0 amide bonds. The number of hydrazine groups is 1. The Morgan fingerprint density at radius 2 is 2.00 bits per heavy atom. The molecule has 1 aromatic carbocycles. The molecule has 0 radical (unpaired) electrons. The Morgan fingerprint density at radius 3 is 2.62 bits per heavy atom. The third kappa shape index (κ3) is 2.45. The molecule has 2 aliphatic heterocycles. The fourth-order valence-corrected chi connectivity index (χ4v) is 4.91. The Bertz CT molecular complexity index is 1110. The van der Waals surface area contributed by atoms with Gasteiger partial charge in [0, 0.05) is 44.5 Å². The van der Waals surface area contributed by atoms with E-state index in [1.807, 2.05) is 21.4 Å². The highest BCUT2D eigenvalue weighted by Crippen LogP contribution is 2.49. The summed E-state index contributed by atoms with van der Waals surface area (Å²) in [4.78, 5) is 28.7. The summed E-state index contributed by atoms with van der Waals surface area (Å²) < 4.78 is 17.5. The number of nitrogens with zero attached hydrogens (tertiary/aromatic N) is 3. The third-order valence-electron chi connectivity index (χ3n) is 6.28. The molecule has 1 aromatic heterocycles. The molecule has 9 nitrogen and oxygen atoms in total. The van der Waals surface area contributed by atoms with Gasteiger partial charge in [-0.25, -0.2) is 9.18 Å². The molecular weight excluding hydrogens is 379 g/mol. The maximum atomic E-state index is 15.7. The van der Waals surface area contributed by atoms with E-state index in [1.165, 1.54) is 6.20 Å². The van der Waals surface area contributed by atoms with Gasteiger partial charge in [-0.05, 0) is 19.3 Å². The molecule has 1 saturated carbocycles. The lowest BCUT2D eigenvalue weighted by Crippen LogP contribution is -2.45. The molecule has 2 fully saturated rings. The predicted octanol–water partition coefficient (Wildman–Crippen LogP) is 0.815. The average Bonchev–Trinajstić information content (AvgIpc) is 3.43. The molecule has 10 heteroatoms. The number of benzene rings is 1. The van der Waals surface area contributed by atoms with Gasteiger partial charge in [0.2, 0.25) is 5.43 Å². The molecule has 154 valence electrons. The van der Waals surface area contributed by atoms with Crippen molar-refractivity contribution in [2.24, 2.45) is 11.6 Å². The maximum absolute atomic E-state index is 15.7. The van der Waals surface area contributed by atoms with E-state index in [0.717, 1.165) is 19.3 Å². The van der Waals surface area contributed by atoms with E-state index in [9.17, 15) is 14.7 Å². The summed E-state index contributed by atoms with van der Waals surface area (Å²) in [6, 6.07) is 0.0755. The Hall–Kier alpha value is -2.85. The summed E-state index contributed by atoms with van der Waals surface area (Å²) in [5.74, 6) is 3.65. The zero-order chi connectivity index (χ0) is 20.6. The number of aromatic nitrogens is 1. The zero-order valence-electron chi connectivity index (χ0n) is 16.0. The fourth-order valence-electron chi connectivity index (χ4n) is 4.91. The number of anilines is 3. The molecule has 2 unspecified atom stereocenters. The minimum atomic E-state index is -1.34. The van der Waals surface area contributed by atoms with Crippen molar-refractivity contribution < 1.29 is 14.3 Å². The summed E-state index contributed by atoms with van der Waals surface area (Å²) in [6.07, 6.45) is 3.88. The van der Waals surface area contributed by atoms with Crippen LogP contribution in [0.3, 0.4) is 0 Å². The summed E-state index contributed by atoms with van der Waals surface area (Å²) in [5, 5.41) is 9.51. The van der Waals surface area contributed by atoms with Crippen LogP contribution in [0.5, 0.6) is 0 Å². The average molecular weight is 402 g/mol. The van der Waals surface area contributed by atoms with Crippen molar-refractivity contribution in [2.45, 2.75) is 37.4 Å². The van der Waals surface area contributed by atoms with Gasteiger partial charge >= 0.3 is 5.97 Å². The van der Waals surface area contributed by atoms with Crippen molar-refractivity contribution >= 4 is 33.9 Å². The van der Waals surface area contributed by atoms with E-state index in [-0.39, 0.29) is 34.8 Å². The number of fused-ring (bicyclic) bond motifs is 5. The van der Waals surface area contributed by atoms with Crippen LogP contribution >= 0.6 is 0 Å². The molecular formula is C19H23FN6O3. The van der Waals surface area contributed by atoms with Crippen molar-refractivity contribution in [2.75, 3.05) is 35.4 Å². The number of carbonyl (C=O) groups is 1. The van der Waals surface area contributed by atoms with E-state index in [1.54, 1.807) is 0 Å². The lowest BCUT2D eigenvalue weighted by atomic mass is 10.0. The molecule has 1 saturated heterocycles. The Kier molecular flexibility index (Phi) is 3.81. The van der Waals surface area contributed by atoms with E-state index in [4.69, 9.17) is 11.6 Å². The van der Waals surface area contributed by atoms with Gasteiger partial charge in [0.15, 0.2) is 5.82 Å². The van der Waals surface area contributed by atoms with E-state index < -0.39 is 17.2 Å². The molecule has 1 aliphatic carbocycles. The van der Waals surface area contributed by atoms with Gasteiger partial charge in [-0.1, -0.05) is 0 Å². The fraction of sp³-hybridized carbons (Fsp3) is 0.474. The second kappa shape index (κ2) is 6.07. The normalized spacial score (nSPS) is 23.3. The van der Waals surface area contributed by atoms with Crippen molar-refractivity contribution in [3.63, 3.8) is 0 Å². The molecule has 5 rings (SSSR count). The first-order chi connectivity index (χ1) is 13.8. The number of carboxylic acid groups (broad SMARTS) is 1. The lowest BCUT2D eigenvalue weighted by Gasteiger charge is -2.41. The standard InChI is InChI=1S/C19H23FN6O3/c1-24-6-10-4-8(21)5-25(10)16-13(20)14(23-22)12-15(17(16)24)26(9-2-3-9)7-11(18(12)27)19(28)29/h7-10,23H,2-6,21-22H2,1H3,(H,28,29). The number of nitrogens with two attached hydrogens (primary N) is 2. The Labute approximate surface area is 165 Å². The van der Waals surface area contributed by atoms with Crippen molar-refractivity contribution in [3.05, 3.63) is 27.8 Å². The number of hydrogen-bond donors (Lipinski definition) is 4. The van der Waals surface area contributed by atoms with Crippen molar-refractivity contribution in [1.29, 1.82) is 0 Å². The van der Waals surface area contributed by atoms with Crippen LogP contribution in [0.1, 0.15) is 35.7 Å². The first-order valence-electron chi connectivity index (χ1n) is 9.71. The van der Waals surface area contributed by atoms with Gasteiger partial charge < -0.3 is 30.6 Å². The van der Waals surface area contributed by atoms with E-state index >= 15 is 4.39 Å². The predicted molar refractivity (Wildman–Crippen MR) is 108 cm³/mol. The lowest BCUT2D eigenvalue weighted by molar-refractivity contribution is 0.0695. The second-order valence-corrected chi connectivity index (χ2v) is 8.25. The summed E-state index contributed by atoms with van der Waals surface area (Å²) in [7, 11) is 1.86. The number of rotatable bonds is 3. The number of hydrogen-bond acceptors (Lipinski definition) is 7. The molecule has 0 bridgehead atoms. The number of likely N-dealkylation sites (N-methyl/N-ethyl adjacent to an activating group) is 1. The zero-order valence-corrected chi connectivity index (χ0v) is 16.0. The molecule has 3 aliphatic rings. The Morgan fingerprint density at radius 1 is 1.28 bits per heavy atom. The van der Waals surface area contributed by atoms with Crippen LogP contribution in [0.15, 0.2) is 11.0 Å². The minimum absolute atomic E-state index is 0.0238. The van der Waals surface area contributed by atoms with Gasteiger partial charge in [-0.15, -0.1) is 0 Å². The van der Waals surface area contributed by atoms with Crippen LogP contribution in [0, 0.1) is 5.82 Å². The van der Waals surface area contributed by atoms with Crippen LogP contribution in [0.2, 0.25) is 0 Å². The molecule has 6 N–H and O–H groups in total. The highest BCUT2D eigenvalue weighted by Gasteiger charge is 2.42. The maximum Gasteiger partial charge on any atom is 0.341 e. The molecule has 2 aromatic rings. The van der Waals surface area contributed by atoms with E-state index in [0.29, 0.717) is 30.0 Å². The number of pyridine rings is 1. The van der Waals surface area contributed by atoms with Gasteiger partial charge in [-0.3, -0.25) is 10.6 Å². The SMILES string of the molecule is CN1CC2CC(N)CN2c2c(F)c(NN)c3c(=O)c(C(=O)O)cn(C4CC4)c3c21. The number of halogens is 1. The minimum Gasteiger partial charge on any atom is -0.477 e. The van der Waals surface area contributed by atoms with Crippen LogP contribution in [-0.4, -0.2) is 47.9 Å². The van der Waals surface area contributed by atoms with Gasteiger partial charge in [-0.2, -0.15) is 0 Å². The first-order valence-corrected chi connectivity index (χ1v) is 9.71. The highest BCUT2D eigenvalue weighted by molar-refractivity contribution is 6.08. The topological polar surface area (TPSA) is 130 Å².